The number of benzene rings is 2. The average Bonchev–Trinajstić information content (AvgIpc) is 2.96. The van der Waals surface area contributed by atoms with E-state index in [4.69, 9.17) is 23.4 Å². The fourth-order valence-electron chi connectivity index (χ4n) is 4.69. The van der Waals surface area contributed by atoms with Gasteiger partial charge in [-0.2, -0.15) is 0 Å². The minimum absolute atomic E-state index is 0.0767. The molecule has 0 amide bonds. The van der Waals surface area contributed by atoms with Gasteiger partial charge in [0.1, 0.15) is 65.2 Å². The first-order valence-corrected chi connectivity index (χ1v) is 12.7. The van der Waals surface area contributed by atoms with Crippen LogP contribution in [-0.4, -0.2) is 124 Å². The van der Waals surface area contributed by atoms with E-state index in [2.05, 4.69) is 0 Å². The molecule has 0 bridgehead atoms. The van der Waals surface area contributed by atoms with Gasteiger partial charge in [-0.3, -0.25) is 4.79 Å². The fourth-order valence-corrected chi connectivity index (χ4v) is 4.69. The molecule has 5 rings (SSSR count). The molecule has 2 aliphatic rings. The zero-order valence-corrected chi connectivity index (χ0v) is 21.7. The van der Waals surface area contributed by atoms with Crippen LogP contribution in [0.4, 0.5) is 0 Å². The quantitative estimate of drug-likeness (QED) is 0.126. The molecule has 234 valence electrons. The molecule has 11 N–H and O–H groups in total. The van der Waals surface area contributed by atoms with Crippen LogP contribution in [0.15, 0.2) is 39.5 Å². The summed E-state index contributed by atoms with van der Waals surface area (Å²) in [4.78, 5) is 13.6. The number of fused-ring (bicyclic) bond motifs is 1. The van der Waals surface area contributed by atoms with Crippen molar-refractivity contribution in [1.82, 2.24) is 0 Å². The molecule has 0 radical (unpaired) electrons. The van der Waals surface area contributed by atoms with Crippen LogP contribution in [-0.2, 0) is 14.2 Å². The van der Waals surface area contributed by atoms with Crippen LogP contribution in [0.25, 0.3) is 22.3 Å². The van der Waals surface area contributed by atoms with Crippen molar-refractivity contribution < 1.29 is 79.5 Å². The topological polar surface area (TPSA) is 290 Å². The molecule has 1 aromatic heterocycles. The smallest absolute Gasteiger partial charge is 0.239 e. The van der Waals surface area contributed by atoms with Crippen molar-refractivity contribution in [3.05, 3.63) is 40.6 Å². The van der Waals surface area contributed by atoms with E-state index in [1.54, 1.807) is 0 Å². The highest BCUT2D eigenvalue weighted by atomic mass is 16.8. The van der Waals surface area contributed by atoms with Crippen LogP contribution in [0.3, 0.4) is 0 Å². The van der Waals surface area contributed by atoms with Crippen LogP contribution in [0.2, 0.25) is 0 Å². The zero-order chi connectivity index (χ0) is 31.3. The van der Waals surface area contributed by atoms with Gasteiger partial charge in [-0.15, -0.1) is 0 Å². The second-order valence-electron chi connectivity index (χ2n) is 9.93. The van der Waals surface area contributed by atoms with Crippen molar-refractivity contribution >= 4 is 11.0 Å². The lowest BCUT2D eigenvalue weighted by atomic mass is 9.99. The number of phenols is 4. The van der Waals surface area contributed by atoms with Gasteiger partial charge < -0.3 is 79.5 Å². The van der Waals surface area contributed by atoms with Crippen LogP contribution >= 0.6 is 0 Å². The van der Waals surface area contributed by atoms with E-state index in [0.29, 0.717) is 0 Å². The zero-order valence-electron chi connectivity index (χ0n) is 21.7. The summed E-state index contributed by atoms with van der Waals surface area (Å²) in [6, 6.07) is 5.08. The summed E-state index contributed by atoms with van der Waals surface area (Å²) >= 11 is 0. The van der Waals surface area contributed by atoms with Gasteiger partial charge >= 0.3 is 0 Å². The number of aromatic hydroxyl groups is 4. The van der Waals surface area contributed by atoms with E-state index in [-0.39, 0.29) is 11.1 Å². The molecule has 0 spiro atoms. The third-order valence-corrected chi connectivity index (χ3v) is 7.03. The minimum atomic E-state index is -2.08. The molecule has 43 heavy (non-hydrogen) atoms. The summed E-state index contributed by atoms with van der Waals surface area (Å²) in [5, 5.41) is 111. The molecule has 2 fully saturated rings. The Labute approximate surface area is 239 Å². The standard InChI is InChI=1S/C26H28O17/c27-6-13-15(32)17(34)19(36)24(40-13)42-26-21(38)18(35)20(37)25(43-26)41-23-16(33)14-11(31)4-8(28)5-12(14)39-22(23)7-1-2-9(29)10(30)3-7/h1-5,13,15,17-21,24-32,34-38H,6H2. The van der Waals surface area contributed by atoms with Gasteiger partial charge in [0.05, 0.1) is 6.61 Å². The van der Waals surface area contributed by atoms with E-state index in [9.17, 15) is 61.0 Å². The van der Waals surface area contributed by atoms with Crippen molar-refractivity contribution in [3.8, 4) is 40.1 Å². The first-order valence-electron chi connectivity index (χ1n) is 12.7. The second-order valence-corrected chi connectivity index (χ2v) is 9.93. The maximum absolute atomic E-state index is 13.6. The Bertz CT molecular complexity index is 1540. The van der Waals surface area contributed by atoms with Crippen LogP contribution in [0, 0.1) is 0 Å². The molecule has 2 aliphatic heterocycles. The predicted octanol–water partition coefficient (Wildman–Crippen LogP) is -2.76. The largest absolute Gasteiger partial charge is 0.508 e. The third kappa shape index (κ3) is 5.54. The lowest BCUT2D eigenvalue weighted by Gasteiger charge is -2.44. The first-order chi connectivity index (χ1) is 20.3. The Hall–Kier alpha value is -3.75. The molecule has 3 heterocycles. The van der Waals surface area contributed by atoms with Crippen molar-refractivity contribution in [2.75, 3.05) is 6.61 Å². The monoisotopic (exact) mass is 612 g/mol. The van der Waals surface area contributed by atoms with Gasteiger partial charge in [-0.1, -0.05) is 0 Å². The lowest BCUT2D eigenvalue weighted by molar-refractivity contribution is -0.390. The number of phenolic OH excluding ortho intramolecular Hbond substituents is 4. The van der Waals surface area contributed by atoms with Gasteiger partial charge in [-0.05, 0) is 18.2 Å². The van der Waals surface area contributed by atoms with Crippen LogP contribution < -0.4 is 10.2 Å². The van der Waals surface area contributed by atoms with Gasteiger partial charge in [0.25, 0.3) is 0 Å². The summed E-state index contributed by atoms with van der Waals surface area (Å²) in [7, 11) is 0. The molecule has 2 aromatic carbocycles. The second kappa shape index (κ2) is 11.7. The first kappa shape index (κ1) is 30.7. The molecule has 10 unspecified atom stereocenters. The average molecular weight is 612 g/mol. The van der Waals surface area contributed by atoms with Gasteiger partial charge in [0, 0.05) is 17.7 Å². The predicted molar refractivity (Wildman–Crippen MR) is 137 cm³/mol. The van der Waals surface area contributed by atoms with Crippen LogP contribution in [0.5, 0.6) is 28.7 Å². The Morgan fingerprint density at radius 3 is 1.98 bits per heavy atom. The highest BCUT2D eigenvalue weighted by Gasteiger charge is 2.50. The molecular weight excluding hydrogens is 584 g/mol. The third-order valence-electron chi connectivity index (χ3n) is 7.03. The normalized spacial score (nSPS) is 33.0. The number of hydrogen-bond donors (Lipinski definition) is 11. The number of aliphatic hydroxyl groups is 7. The maximum atomic E-state index is 13.6. The Balaban J connectivity index is 1.53. The van der Waals surface area contributed by atoms with E-state index < -0.39 is 114 Å². The molecule has 2 saturated heterocycles. The Morgan fingerprint density at radius 1 is 0.698 bits per heavy atom. The van der Waals surface area contributed by atoms with Crippen molar-refractivity contribution in [2.24, 2.45) is 0 Å². The van der Waals surface area contributed by atoms with Gasteiger partial charge in [0.15, 0.2) is 29.8 Å². The molecule has 17 heteroatoms. The van der Waals surface area contributed by atoms with E-state index >= 15 is 0 Å². The van der Waals surface area contributed by atoms with Crippen molar-refractivity contribution in [1.29, 1.82) is 0 Å². The number of rotatable bonds is 6. The summed E-state index contributed by atoms with van der Waals surface area (Å²) < 4.78 is 27.3. The number of ether oxygens (including phenoxy) is 4. The minimum Gasteiger partial charge on any atom is -0.508 e. The van der Waals surface area contributed by atoms with Crippen molar-refractivity contribution in [3.63, 3.8) is 0 Å². The van der Waals surface area contributed by atoms with E-state index in [1.807, 2.05) is 0 Å². The Morgan fingerprint density at radius 2 is 1.33 bits per heavy atom. The lowest BCUT2D eigenvalue weighted by Crippen LogP contribution is -2.64. The summed E-state index contributed by atoms with van der Waals surface area (Å²) in [6.07, 6.45) is -19.0. The van der Waals surface area contributed by atoms with Gasteiger partial charge in [-0.25, -0.2) is 0 Å². The summed E-state index contributed by atoms with van der Waals surface area (Å²) in [5.74, 6) is -3.58. The van der Waals surface area contributed by atoms with Gasteiger partial charge in [0.2, 0.25) is 17.5 Å². The van der Waals surface area contributed by atoms with Crippen LogP contribution in [0.1, 0.15) is 0 Å². The molecular formula is C26H28O17. The number of aliphatic hydroxyl groups excluding tert-OH is 7. The number of hydrogen-bond acceptors (Lipinski definition) is 17. The molecule has 0 saturated carbocycles. The Kier molecular flexibility index (Phi) is 8.38. The highest BCUT2D eigenvalue weighted by molar-refractivity contribution is 5.88. The highest BCUT2D eigenvalue weighted by Crippen LogP contribution is 2.39. The fraction of sp³-hybridized carbons (Fsp3) is 0.423. The molecule has 3 aromatic rings. The maximum Gasteiger partial charge on any atom is 0.239 e. The molecule has 17 nitrogen and oxygen atoms in total. The molecule has 10 atom stereocenters. The van der Waals surface area contributed by atoms with E-state index in [1.165, 1.54) is 6.07 Å². The van der Waals surface area contributed by atoms with Crippen molar-refractivity contribution in [2.45, 2.75) is 61.6 Å². The SMILES string of the molecule is O=c1c(OC2OC(OC3OC(CO)C(O)C(O)C3O)C(O)C(O)C2O)c(-c2ccc(O)c(O)c2)oc2cc(O)cc(O)c12. The molecule has 0 aliphatic carbocycles. The summed E-state index contributed by atoms with van der Waals surface area (Å²) in [5.41, 5.74) is -1.49. The summed E-state index contributed by atoms with van der Waals surface area (Å²) in [6.45, 7) is -0.802. The van der Waals surface area contributed by atoms with E-state index in [0.717, 1.165) is 24.3 Å².